The molecule has 0 radical (unpaired) electrons. The third kappa shape index (κ3) is 1.31. The van der Waals surface area contributed by atoms with Crippen LogP contribution in [0.5, 0.6) is 0 Å². The lowest BCUT2D eigenvalue weighted by atomic mass is 10.0. The van der Waals surface area contributed by atoms with Crippen LogP contribution in [0, 0.1) is 5.92 Å². The van der Waals surface area contributed by atoms with E-state index in [2.05, 4.69) is 18.8 Å². The molecule has 50 valence electrons. The number of nitrogens with zero attached hydrogens (tertiary/aromatic N) is 1. The van der Waals surface area contributed by atoms with Crippen LogP contribution in [0.25, 0.3) is 0 Å². The molecule has 0 amide bonds. The monoisotopic (exact) mass is 124 g/mol. The molecule has 2 nitrogen and oxygen atoms in total. The van der Waals surface area contributed by atoms with E-state index in [0.717, 1.165) is 12.3 Å². The van der Waals surface area contributed by atoms with Crippen LogP contribution in [0.3, 0.4) is 0 Å². The van der Waals surface area contributed by atoms with Gasteiger partial charge in [0.1, 0.15) is 5.84 Å². The summed E-state index contributed by atoms with van der Waals surface area (Å²) in [5.41, 5.74) is 6.80. The smallest absolute Gasteiger partial charge is 0.103 e. The van der Waals surface area contributed by atoms with Crippen LogP contribution in [0.1, 0.15) is 20.3 Å². The number of hydrogen-bond donors (Lipinski definition) is 1. The Kier molecular flexibility index (Phi) is 1.56. The fraction of sp³-hybridized carbons (Fsp3) is 0.571. The highest BCUT2D eigenvalue weighted by molar-refractivity contribution is 5.85. The highest BCUT2D eigenvalue weighted by Crippen LogP contribution is 2.17. The van der Waals surface area contributed by atoms with Crippen LogP contribution in [0.15, 0.2) is 16.8 Å². The second-order valence-corrected chi connectivity index (χ2v) is 2.66. The first kappa shape index (κ1) is 6.33. The summed E-state index contributed by atoms with van der Waals surface area (Å²) in [7, 11) is 0. The van der Waals surface area contributed by atoms with Gasteiger partial charge in [-0.2, -0.15) is 0 Å². The molecule has 0 aromatic carbocycles. The highest BCUT2D eigenvalue weighted by atomic mass is 14.9. The summed E-state index contributed by atoms with van der Waals surface area (Å²) in [4.78, 5) is 3.97. The molecule has 0 saturated heterocycles. The Morgan fingerprint density at radius 1 is 1.67 bits per heavy atom. The normalized spacial score (nSPS) is 18.1. The SMILES string of the molecule is CC(C)C1=CN=C(N)C1. The van der Waals surface area contributed by atoms with Crippen molar-refractivity contribution in [3.05, 3.63) is 11.8 Å². The van der Waals surface area contributed by atoms with Crippen LogP contribution >= 0.6 is 0 Å². The van der Waals surface area contributed by atoms with E-state index in [1.54, 1.807) is 0 Å². The van der Waals surface area contributed by atoms with E-state index in [-0.39, 0.29) is 0 Å². The molecule has 0 aromatic heterocycles. The van der Waals surface area contributed by atoms with Crippen molar-refractivity contribution in [1.82, 2.24) is 0 Å². The minimum Gasteiger partial charge on any atom is -0.387 e. The van der Waals surface area contributed by atoms with Crippen molar-refractivity contribution in [2.75, 3.05) is 0 Å². The van der Waals surface area contributed by atoms with E-state index in [9.17, 15) is 0 Å². The molecule has 0 fully saturated rings. The molecule has 0 atom stereocenters. The summed E-state index contributed by atoms with van der Waals surface area (Å²) in [6, 6.07) is 0. The first-order chi connectivity index (χ1) is 4.20. The van der Waals surface area contributed by atoms with Crippen LogP contribution in [-0.2, 0) is 0 Å². The average Bonchev–Trinajstić information content (AvgIpc) is 2.14. The van der Waals surface area contributed by atoms with Gasteiger partial charge in [0.15, 0.2) is 0 Å². The van der Waals surface area contributed by atoms with Gasteiger partial charge in [-0.1, -0.05) is 13.8 Å². The molecule has 1 rings (SSSR count). The lowest BCUT2D eigenvalue weighted by Gasteiger charge is -2.02. The number of hydrogen-bond acceptors (Lipinski definition) is 2. The highest BCUT2D eigenvalue weighted by Gasteiger charge is 2.09. The van der Waals surface area contributed by atoms with Crippen molar-refractivity contribution in [3.63, 3.8) is 0 Å². The topological polar surface area (TPSA) is 38.4 Å². The van der Waals surface area contributed by atoms with Crippen molar-refractivity contribution in [1.29, 1.82) is 0 Å². The Bertz CT molecular complexity index is 166. The molecule has 0 spiro atoms. The van der Waals surface area contributed by atoms with Gasteiger partial charge in [0, 0.05) is 12.6 Å². The molecule has 1 aliphatic rings. The molecule has 0 unspecified atom stereocenters. The van der Waals surface area contributed by atoms with Gasteiger partial charge in [-0.05, 0) is 11.5 Å². The third-order valence-corrected chi connectivity index (χ3v) is 1.52. The quantitative estimate of drug-likeness (QED) is 0.562. The van der Waals surface area contributed by atoms with E-state index < -0.39 is 0 Å². The predicted octanol–water partition coefficient (Wildman–Crippen LogP) is 1.29. The minimum atomic E-state index is 0.592. The summed E-state index contributed by atoms with van der Waals surface area (Å²) in [5.74, 6) is 1.34. The van der Waals surface area contributed by atoms with E-state index in [0.29, 0.717) is 5.92 Å². The second-order valence-electron chi connectivity index (χ2n) is 2.66. The third-order valence-electron chi connectivity index (χ3n) is 1.52. The Labute approximate surface area is 55.5 Å². The number of aliphatic imine (C=N–C) groups is 1. The van der Waals surface area contributed by atoms with Gasteiger partial charge in [-0.3, -0.25) is 0 Å². The first-order valence-corrected chi connectivity index (χ1v) is 3.21. The summed E-state index contributed by atoms with van der Waals surface area (Å²) in [6.07, 6.45) is 2.75. The molecule has 1 aliphatic heterocycles. The fourth-order valence-electron chi connectivity index (χ4n) is 0.819. The maximum absolute atomic E-state index is 5.46. The van der Waals surface area contributed by atoms with Crippen LogP contribution in [0.4, 0.5) is 0 Å². The van der Waals surface area contributed by atoms with Crippen molar-refractivity contribution in [2.24, 2.45) is 16.6 Å². The van der Waals surface area contributed by atoms with Crippen LogP contribution in [0.2, 0.25) is 0 Å². The molecule has 2 heteroatoms. The molecule has 2 N–H and O–H groups in total. The zero-order chi connectivity index (χ0) is 6.85. The Morgan fingerprint density at radius 3 is 2.56 bits per heavy atom. The number of nitrogens with two attached hydrogens (primary N) is 1. The van der Waals surface area contributed by atoms with Crippen molar-refractivity contribution in [2.45, 2.75) is 20.3 Å². The molecule has 0 aliphatic carbocycles. The predicted molar refractivity (Wildman–Crippen MR) is 39.2 cm³/mol. The second kappa shape index (κ2) is 2.21. The first-order valence-electron chi connectivity index (χ1n) is 3.21. The maximum Gasteiger partial charge on any atom is 0.103 e. The maximum atomic E-state index is 5.46. The lowest BCUT2D eigenvalue weighted by Crippen LogP contribution is -2.09. The van der Waals surface area contributed by atoms with Gasteiger partial charge in [-0.25, -0.2) is 4.99 Å². The summed E-state index contributed by atoms with van der Waals surface area (Å²) in [5, 5.41) is 0. The van der Waals surface area contributed by atoms with Gasteiger partial charge in [0.05, 0.1) is 0 Å². The van der Waals surface area contributed by atoms with Gasteiger partial charge >= 0.3 is 0 Å². The van der Waals surface area contributed by atoms with E-state index in [1.165, 1.54) is 5.57 Å². The molecule has 0 saturated carbocycles. The van der Waals surface area contributed by atoms with Crippen LogP contribution in [-0.4, -0.2) is 5.84 Å². The van der Waals surface area contributed by atoms with E-state index in [4.69, 9.17) is 5.73 Å². The van der Waals surface area contributed by atoms with Crippen molar-refractivity contribution < 1.29 is 0 Å². The van der Waals surface area contributed by atoms with E-state index >= 15 is 0 Å². The van der Waals surface area contributed by atoms with Crippen molar-refractivity contribution >= 4 is 5.84 Å². The summed E-state index contributed by atoms with van der Waals surface area (Å²) < 4.78 is 0. The number of amidine groups is 1. The molecule has 1 heterocycles. The Hall–Kier alpha value is -0.790. The molecule has 0 aromatic rings. The zero-order valence-corrected chi connectivity index (χ0v) is 5.89. The van der Waals surface area contributed by atoms with Gasteiger partial charge in [0.2, 0.25) is 0 Å². The van der Waals surface area contributed by atoms with Gasteiger partial charge < -0.3 is 5.73 Å². The largest absolute Gasteiger partial charge is 0.387 e. The Balaban J connectivity index is 2.54. The Morgan fingerprint density at radius 2 is 2.33 bits per heavy atom. The zero-order valence-electron chi connectivity index (χ0n) is 5.89. The standard InChI is InChI=1S/C7H12N2/c1-5(2)6-3-7(8)9-4-6/h4-5H,3H2,1-2H3,(H2,8,9). The summed E-state index contributed by atoms with van der Waals surface area (Å²) >= 11 is 0. The van der Waals surface area contributed by atoms with Gasteiger partial charge in [-0.15, -0.1) is 0 Å². The molecular weight excluding hydrogens is 112 g/mol. The molecule has 0 bridgehead atoms. The molecule has 9 heavy (non-hydrogen) atoms. The molecular formula is C7H12N2. The van der Waals surface area contributed by atoms with E-state index in [1.807, 2.05) is 6.20 Å². The lowest BCUT2D eigenvalue weighted by molar-refractivity contribution is 0.757. The van der Waals surface area contributed by atoms with Crippen molar-refractivity contribution in [3.8, 4) is 0 Å². The number of rotatable bonds is 1. The summed E-state index contributed by atoms with van der Waals surface area (Å²) in [6.45, 7) is 4.31. The van der Waals surface area contributed by atoms with Gasteiger partial charge in [0.25, 0.3) is 0 Å². The fourth-order valence-corrected chi connectivity index (χ4v) is 0.819. The minimum absolute atomic E-state index is 0.592. The van der Waals surface area contributed by atoms with Crippen LogP contribution < -0.4 is 5.73 Å². The average molecular weight is 124 g/mol.